The molecule has 0 aliphatic carbocycles. The number of aryl methyl sites for hydroxylation is 1. The lowest BCUT2D eigenvalue weighted by atomic mass is 9.72. The van der Waals surface area contributed by atoms with Crippen LogP contribution in [0.15, 0.2) is 78.9 Å². The second-order valence-electron chi connectivity index (χ2n) is 9.15. The summed E-state index contributed by atoms with van der Waals surface area (Å²) in [5, 5.41) is 2.89. The van der Waals surface area contributed by atoms with E-state index in [0.717, 1.165) is 22.3 Å². The Morgan fingerprint density at radius 3 is 2.21 bits per heavy atom. The van der Waals surface area contributed by atoms with Crippen LogP contribution in [-0.2, 0) is 22.4 Å². The molecule has 1 saturated heterocycles. The molecule has 0 bridgehead atoms. The minimum Gasteiger partial charge on any atom is -0.359 e. The molecule has 170 valence electrons. The summed E-state index contributed by atoms with van der Waals surface area (Å²) in [6.07, 6.45) is 2.42. The number of benzene rings is 3. The fourth-order valence-electron chi connectivity index (χ4n) is 4.92. The Morgan fingerprint density at radius 2 is 1.52 bits per heavy atom. The number of likely N-dealkylation sites (tertiary alicyclic amines) is 1. The number of carbonyl (C=O) groups excluding carboxylic acids is 2. The number of amides is 2. The number of nitrogens with one attached hydrogen (secondary N) is 1. The molecule has 0 unspecified atom stereocenters. The first kappa shape index (κ1) is 22.8. The summed E-state index contributed by atoms with van der Waals surface area (Å²) >= 11 is 0. The number of carbonyl (C=O) groups is 2. The molecule has 0 aromatic heterocycles. The summed E-state index contributed by atoms with van der Waals surface area (Å²) in [5.74, 6) is 0.204. The van der Waals surface area contributed by atoms with Crippen molar-refractivity contribution in [1.29, 1.82) is 0 Å². The minimum atomic E-state index is -0.496. The largest absolute Gasteiger partial charge is 0.359 e. The van der Waals surface area contributed by atoms with Gasteiger partial charge in [0.2, 0.25) is 11.8 Å². The van der Waals surface area contributed by atoms with Gasteiger partial charge in [0.05, 0.1) is 11.8 Å². The number of piperidine rings is 1. The van der Waals surface area contributed by atoms with Crippen LogP contribution in [0.1, 0.15) is 29.5 Å². The van der Waals surface area contributed by atoms with Crippen molar-refractivity contribution in [2.24, 2.45) is 5.41 Å². The van der Waals surface area contributed by atoms with E-state index in [-0.39, 0.29) is 11.8 Å². The summed E-state index contributed by atoms with van der Waals surface area (Å²) < 4.78 is 0. The van der Waals surface area contributed by atoms with Crippen LogP contribution in [0.4, 0.5) is 0 Å². The van der Waals surface area contributed by atoms with E-state index >= 15 is 0 Å². The fraction of sp³-hybridized carbons (Fsp3) is 0.310. The van der Waals surface area contributed by atoms with Crippen LogP contribution < -0.4 is 5.32 Å². The number of nitrogens with zero attached hydrogens (tertiary/aromatic N) is 1. The Morgan fingerprint density at radius 1 is 0.848 bits per heavy atom. The van der Waals surface area contributed by atoms with Gasteiger partial charge in [-0.05, 0) is 48.4 Å². The number of hydrogen-bond donors (Lipinski definition) is 1. The molecular formula is C29H32N2O2. The molecule has 4 nitrogen and oxygen atoms in total. The average molecular weight is 441 g/mol. The van der Waals surface area contributed by atoms with Crippen molar-refractivity contribution in [3.8, 4) is 11.1 Å². The maximum Gasteiger partial charge on any atom is 0.226 e. The summed E-state index contributed by atoms with van der Waals surface area (Å²) in [6.45, 7) is 3.26. The average Bonchev–Trinajstić information content (AvgIpc) is 2.84. The van der Waals surface area contributed by atoms with Crippen molar-refractivity contribution in [1.82, 2.24) is 10.2 Å². The van der Waals surface area contributed by atoms with E-state index in [4.69, 9.17) is 0 Å². The van der Waals surface area contributed by atoms with Gasteiger partial charge >= 0.3 is 0 Å². The van der Waals surface area contributed by atoms with Gasteiger partial charge in [0.15, 0.2) is 0 Å². The number of hydrogen-bond acceptors (Lipinski definition) is 2. The third-order valence-electron chi connectivity index (χ3n) is 6.80. The topological polar surface area (TPSA) is 49.4 Å². The first-order chi connectivity index (χ1) is 16.0. The third-order valence-corrected chi connectivity index (χ3v) is 6.80. The Bertz CT molecular complexity index is 1120. The second kappa shape index (κ2) is 10.0. The molecule has 3 aromatic rings. The molecule has 1 aliphatic heterocycles. The third kappa shape index (κ3) is 5.33. The van der Waals surface area contributed by atoms with Gasteiger partial charge in [0.1, 0.15) is 0 Å². The summed E-state index contributed by atoms with van der Waals surface area (Å²) in [7, 11) is 1.71. The van der Waals surface area contributed by atoms with Crippen molar-refractivity contribution < 1.29 is 9.59 Å². The Kier molecular flexibility index (Phi) is 6.93. The molecule has 0 radical (unpaired) electrons. The highest BCUT2D eigenvalue weighted by atomic mass is 16.2. The molecule has 0 atom stereocenters. The van der Waals surface area contributed by atoms with E-state index in [1.165, 1.54) is 5.56 Å². The van der Waals surface area contributed by atoms with E-state index in [1.807, 2.05) is 48.2 Å². The normalized spacial score (nSPS) is 15.2. The molecule has 3 aromatic carbocycles. The monoisotopic (exact) mass is 440 g/mol. The Balaban J connectivity index is 1.47. The summed E-state index contributed by atoms with van der Waals surface area (Å²) in [6, 6.07) is 26.9. The Hall–Kier alpha value is -3.40. The molecule has 1 aliphatic rings. The SMILES string of the molecule is CNC(=O)C1(Cc2cccc(-c3ccccc3)c2)CCN(C(=O)Cc2cccc(C)c2)CC1. The summed E-state index contributed by atoms with van der Waals surface area (Å²) in [5.41, 5.74) is 5.19. The van der Waals surface area contributed by atoms with Gasteiger partial charge in [-0.2, -0.15) is 0 Å². The molecule has 0 spiro atoms. The highest BCUT2D eigenvalue weighted by molar-refractivity contribution is 5.84. The molecule has 1 N–H and O–H groups in total. The molecule has 4 heteroatoms. The highest BCUT2D eigenvalue weighted by Gasteiger charge is 2.41. The van der Waals surface area contributed by atoms with E-state index < -0.39 is 5.41 Å². The molecule has 0 saturated carbocycles. The Labute approximate surface area is 196 Å². The van der Waals surface area contributed by atoms with Crippen LogP contribution in [0.2, 0.25) is 0 Å². The predicted octanol–water partition coefficient (Wildman–Crippen LogP) is 4.80. The van der Waals surface area contributed by atoms with Gasteiger partial charge < -0.3 is 10.2 Å². The van der Waals surface area contributed by atoms with E-state index in [2.05, 4.69) is 47.8 Å². The van der Waals surface area contributed by atoms with Crippen molar-refractivity contribution in [3.63, 3.8) is 0 Å². The van der Waals surface area contributed by atoms with Crippen LogP contribution in [-0.4, -0.2) is 36.9 Å². The second-order valence-corrected chi connectivity index (χ2v) is 9.15. The van der Waals surface area contributed by atoms with Crippen LogP contribution in [0.3, 0.4) is 0 Å². The first-order valence-electron chi connectivity index (χ1n) is 11.7. The zero-order valence-electron chi connectivity index (χ0n) is 19.5. The van der Waals surface area contributed by atoms with Crippen molar-refractivity contribution >= 4 is 11.8 Å². The van der Waals surface area contributed by atoms with Crippen LogP contribution in [0.5, 0.6) is 0 Å². The standard InChI is InChI=1S/C29H32N2O2/c1-22-8-6-9-23(18-22)20-27(32)31-16-14-29(15-17-31,28(33)30-2)21-24-10-7-13-26(19-24)25-11-4-3-5-12-25/h3-13,18-19H,14-17,20-21H2,1-2H3,(H,30,33). The number of rotatable bonds is 6. The van der Waals surface area contributed by atoms with Crippen LogP contribution in [0.25, 0.3) is 11.1 Å². The van der Waals surface area contributed by atoms with Gasteiger partial charge in [-0.15, -0.1) is 0 Å². The van der Waals surface area contributed by atoms with E-state index in [9.17, 15) is 9.59 Å². The van der Waals surface area contributed by atoms with Gasteiger partial charge in [-0.25, -0.2) is 0 Å². The fourth-order valence-corrected chi connectivity index (χ4v) is 4.92. The van der Waals surface area contributed by atoms with Gasteiger partial charge in [0, 0.05) is 20.1 Å². The van der Waals surface area contributed by atoms with Gasteiger partial charge in [-0.3, -0.25) is 9.59 Å². The highest BCUT2D eigenvalue weighted by Crippen LogP contribution is 2.36. The van der Waals surface area contributed by atoms with Gasteiger partial charge in [0.25, 0.3) is 0 Å². The summed E-state index contributed by atoms with van der Waals surface area (Å²) in [4.78, 5) is 27.9. The zero-order valence-corrected chi connectivity index (χ0v) is 19.5. The minimum absolute atomic E-state index is 0.0680. The molecular weight excluding hydrogens is 408 g/mol. The molecule has 2 amide bonds. The van der Waals surface area contributed by atoms with Crippen molar-refractivity contribution in [2.45, 2.75) is 32.6 Å². The molecule has 1 heterocycles. The lowest BCUT2D eigenvalue weighted by molar-refractivity contribution is -0.140. The quantitative estimate of drug-likeness (QED) is 0.598. The maximum absolute atomic E-state index is 13.0. The van der Waals surface area contributed by atoms with Crippen molar-refractivity contribution in [2.75, 3.05) is 20.1 Å². The smallest absolute Gasteiger partial charge is 0.226 e. The van der Waals surface area contributed by atoms with Crippen molar-refractivity contribution in [3.05, 3.63) is 95.6 Å². The maximum atomic E-state index is 13.0. The van der Waals surface area contributed by atoms with Gasteiger partial charge in [-0.1, -0.05) is 84.4 Å². The van der Waals surface area contributed by atoms with E-state index in [0.29, 0.717) is 38.8 Å². The van der Waals surface area contributed by atoms with Crippen LogP contribution in [0, 0.1) is 12.3 Å². The van der Waals surface area contributed by atoms with E-state index in [1.54, 1.807) is 7.05 Å². The van der Waals surface area contributed by atoms with Crippen LogP contribution >= 0.6 is 0 Å². The zero-order chi connectivity index (χ0) is 23.3. The first-order valence-corrected chi connectivity index (χ1v) is 11.7. The lowest BCUT2D eigenvalue weighted by Gasteiger charge is -2.40. The lowest BCUT2D eigenvalue weighted by Crippen LogP contribution is -2.50. The molecule has 1 fully saturated rings. The predicted molar refractivity (Wildman–Crippen MR) is 133 cm³/mol. The molecule has 33 heavy (non-hydrogen) atoms. The molecule has 4 rings (SSSR count).